The van der Waals surface area contributed by atoms with E-state index in [-0.39, 0.29) is 24.4 Å². The molecule has 2 N–H and O–H groups in total. The van der Waals surface area contributed by atoms with Crippen molar-refractivity contribution in [1.29, 1.82) is 0 Å². The van der Waals surface area contributed by atoms with E-state index >= 15 is 0 Å². The fourth-order valence-electron chi connectivity index (χ4n) is 2.74. The minimum absolute atomic E-state index is 0.0145. The number of hydrogen-bond acceptors (Lipinski definition) is 5. The number of aldehydes is 1. The smallest absolute Gasteiger partial charge is 0.143 e. The minimum Gasteiger partial charge on any atom is -0.490 e. The average molecular weight is 320 g/mol. The Morgan fingerprint density at radius 2 is 2.26 bits per heavy atom. The van der Waals surface area contributed by atoms with Gasteiger partial charge in [-0.05, 0) is 38.3 Å². The maximum atomic E-state index is 14.7. The first-order valence-corrected chi connectivity index (χ1v) is 7.86. The Morgan fingerprint density at radius 1 is 1.52 bits per heavy atom. The molecule has 1 aliphatic heterocycles. The summed E-state index contributed by atoms with van der Waals surface area (Å²) < 4.78 is 20.3. The van der Waals surface area contributed by atoms with Crippen LogP contribution in [0.1, 0.15) is 37.3 Å². The first-order valence-electron chi connectivity index (χ1n) is 7.86. The quantitative estimate of drug-likeness (QED) is 0.814. The summed E-state index contributed by atoms with van der Waals surface area (Å²) in [6, 6.07) is 3.03. The summed E-state index contributed by atoms with van der Waals surface area (Å²) in [5, 5.41) is 14.0. The van der Waals surface area contributed by atoms with Crippen molar-refractivity contribution >= 4 is 12.0 Å². The average Bonchev–Trinajstić information content (AvgIpc) is 3.27. The fraction of sp³-hybridized carbons (Fsp3) is 0.529. The van der Waals surface area contributed by atoms with Crippen molar-refractivity contribution in [2.45, 2.75) is 44.8 Å². The molecular weight excluding hydrogens is 299 g/mol. The van der Waals surface area contributed by atoms with Crippen LogP contribution in [0.5, 0.6) is 5.75 Å². The van der Waals surface area contributed by atoms with Crippen LogP contribution in [0.3, 0.4) is 0 Å². The maximum Gasteiger partial charge on any atom is 0.143 e. The molecule has 1 aromatic rings. The van der Waals surface area contributed by atoms with Crippen LogP contribution in [0.25, 0.3) is 0 Å². The second-order valence-corrected chi connectivity index (χ2v) is 6.57. The van der Waals surface area contributed by atoms with E-state index in [1.165, 1.54) is 0 Å². The van der Waals surface area contributed by atoms with Crippen LogP contribution in [-0.4, -0.2) is 35.4 Å². The van der Waals surface area contributed by atoms with E-state index in [1.54, 1.807) is 19.1 Å². The molecule has 1 saturated carbocycles. The van der Waals surface area contributed by atoms with Gasteiger partial charge < -0.3 is 14.6 Å². The van der Waals surface area contributed by atoms with Gasteiger partial charge in [-0.25, -0.2) is 4.39 Å². The number of rotatable bonds is 5. The van der Waals surface area contributed by atoms with Crippen LogP contribution in [0.2, 0.25) is 0 Å². The maximum absolute atomic E-state index is 14.7. The lowest BCUT2D eigenvalue weighted by Gasteiger charge is -2.25. The van der Waals surface area contributed by atoms with Gasteiger partial charge in [-0.3, -0.25) is 5.43 Å². The molecule has 0 aromatic heterocycles. The van der Waals surface area contributed by atoms with Crippen molar-refractivity contribution in [3.63, 3.8) is 0 Å². The van der Waals surface area contributed by atoms with Crippen LogP contribution >= 0.6 is 0 Å². The summed E-state index contributed by atoms with van der Waals surface area (Å²) >= 11 is 0. The third-order valence-corrected chi connectivity index (χ3v) is 4.53. The number of carbonyl (C=O) groups excluding carboxylic acids is 1. The first-order chi connectivity index (χ1) is 10.9. The molecule has 0 bridgehead atoms. The molecule has 3 rings (SSSR count). The van der Waals surface area contributed by atoms with Gasteiger partial charge in [-0.2, -0.15) is 5.10 Å². The Hall–Kier alpha value is -1.95. The predicted molar refractivity (Wildman–Crippen MR) is 84.1 cm³/mol. The number of aliphatic hydroxyl groups is 1. The Kier molecular flexibility index (Phi) is 4.10. The Balaban J connectivity index is 1.82. The zero-order valence-electron chi connectivity index (χ0n) is 13.3. The standard InChI is InChI=1S/C17H21FN2O3/c1-10-7-12(8-21)19-20-16(10)13-3-4-14(11(2)15(13)18)23-9-17(22)5-6-17/h3-4,8,10,12,19,22H,5-7,9H2,1-2H3. The highest BCUT2D eigenvalue weighted by molar-refractivity contribution is 6.03. The van der Waals surface area contributed by atoms with Crippen LogP contribution in [0, 0.1) is 18.7 Å². The summed E-state index contributed by atoms with van der Waals surface area (Å²) in [6.07, 6.45) is 2.86. The number of hydrazone groups is 1. The van der Waals surface area contributed by atoms with Crippen LogP contribution < -0.4 is 10.2 Å². The second kappa shape index (κ2) is 5.92. The molecule has 1 aliphatic carbocycles. The van der Waals surface area contributed by atoms with Gasteiger partial charge in [0.2, 0.25) is 0 Å². The fourth-order valence-corrected chi connectivity index (χ4v) is 2.74. The molecule has 0 radical (unpaired) electrons. The molecule has 1 fully saturated rings. The molecular formula is C17H21FN2O3. The molecule has 0 saturated heterocycles. The SMILES string of the molecule is Cc1c(OCC2(O)CC2)ccc(C2=NNC(C=O)CC2C)c1F. The second-order valence-electron chi connectivity index (χ2n) is 6.57. The van der Waals surface area contributed by atoms with Crippen molar-refractivity contribution < 1.29 is 19.0 Å². The molecule has 124 valence electrons. The van der Waals surface area contributed by atoms with Crippen LogP contribution in [-0.2, 0) is 4.79 Å². The van der Waals surface area contributed by atoms with E-state index in [0.717, 1.165) is 19.1 Å². The molecule has 1 heterocycles. The number of benzene rings is 1. The summed E-state index contributed by atoms with van der Waals surface area (Å²) in [4.78, 5) is 10.8. The van der Waals surface area contributed by atoms with Gasteiger partial charge in [0.15, 0.2) is 0 Å². The molecule has 0 amide bonds. The number of nitrogens with one attached hydrogen (secondary N) is 1. The highest BCUT2D eigenvalue weighted by Crippen LogP contribution is 2.36. The molecule has 5 nitrogen and oxygen atoms in total. The largest absolute Gasteiger partial charge is 0.490 e. The van der Waals surface area contributed by atoms with E-state index in [0.29, 0.717) is 29.0 Å². The van der Waals surface area contributed by atoms with Gasteiger partial charge in [0, 0.05) is 17.0 Å². The molecule has 2 unspecified atom stereocenters. The Labute approximate surface area is 134 Å². The zero-order valence-corrected chi connectivity index (χ0v) is 13.3. The Bertz CT molecular complexity index is 655. The lowest BCUT2D eigenvalue weighted by Crippen LogP contribution is -2.37. The molecule has 2 aliphatic rings. The lowest BCUT2D eigenvalue weighted by atomic mass is 9.90. The van der Waals surface area contributed by atoms with Gasteiger partial charge in [0.1, 0.15) is 24.5 Å². The number of carbonyl (C=O) groups is 1. The molecule has 0 spiro atoms. The van der Waals surface area contributed by atoms with Crippen LogP contribution in [0.4, 0.5) is 4.39 Å². The Morgan fingerprint density at radius 3 is 2.87 bits per heavy atom. The highest BCUT2D eigenvalue weighted by Gasteiger charge is 2.41. The third-order valence-electron chi connectivity index (χ3n) is 4.53. The van der Waals surface area contributed by atoms with E-state index < -0.39 is 5.60 Å². The van der Waals surface area contributed by atoms with E-state index in [9.17, 15) is 14.3 Å². The molecule has 6 heteroatoms. The van der Waals surface area contributed by atoms with Gasteiger partial charge in [0.05, 0.1) is 17.4 Å². The topological polar surface area (TPSA) is 70.9 Å². The first kappa shape index (κ1) is 15.9. The van der Waals surface area contributed by atoms with Gasteiger partial charge in [-0.1, -0.05) is 6.92 Å². The van der Waals surface area contributed by atoms with Crippen molar-refractivity contribution in [1.82, 2.24) is 5.43 Å². The van der Waals surface area contributed by atoms with Gasteiger partial charge in [0.25, 0.3) is 0 Å². The van der Waals surface area contributed by atoms with Gasteiger partial charge >= 0.3 is 0 Å². The predicted octanol–water partition coefficient (Wildman–Crippen LogP) is 1.94. The van der Waals surface area contributed by atoms with Crippen molar-refractivity contribution in [2.75, 3.05) is 6.61 Å². The van der Waals surface area contributed by atoms with Crippen LogP contribution in [0.15, 0.2) is 17.2 Å². The third kappa shape index (κ3) is 3.22. The number of ether oxygens (including phenoxy) is 1. The lowest BCUT2D eigenvalue weighted by molar-refractivity contribution is -0.109. The van der Waals surface area contributed by atoms with Crippen molar-refractivity contribution in [2.24, 2.45) is 11.0 Å². The summed E-state index contributed by atoms with van der Waals surface area (Å²) in [5.41, 5.74) is 3.44. The molecule has 1 aromatic carbocycles. The van der Waals surface area contributed by atoms with E-state index in [2.05, 4.69) is 10.5 Å². The monoisotopic (exact) mass is 320 g/mol. The summed E-state index contributed by atoms with van der Waals surface area (Å²) in [7, 11) is 0. The molecule has 23 heavy (non-hydrogen) atoms. The van der Waals surface area contributed by atoms with Crippen molar-refractivity contribution in [3.8, 4) is 5.75 Å². The highest BCUT2D eigenvalue weighted by atomic mass is 19.1. The van der Waals surface area contributed by atoms with Gasteiger partial charge in [-0.15, -0.1) is 0 Å². The number of hydrogen-bond donors (Lipinski definition) is 2. The zero-order chi connectivity index (χ0) is 16.6. The number of nitrogens with zero attached hydrogens (tertiary/aromatic N) is 1. The van der Waals surface area contributed by atoms with E-state index in [1.807, 2.05) is 6.92 Å². The summed E-state index contributed by atoms with van der Waals surface area (Å²) in [5.74, 6) is 0.0518. The van der Waals surface area contributed by atoms with E-state index in [4.69, 9.17) is 4.74 Å². The minimum atomic E-state index is -0.739. The number of halogens is 1. The molecule has 2 atom stereocenters. The normalized spacial score (nSPS) is 25.3. The summed E-state index contributed by atoms with van der Waals surface area (Å²) in [6.45, 7) is 3.77. The van der Waals surface area contributed by atoms with Crippen molar-refractivity contribution in [3.05, 3.63) is 29.1 Å².